The number of para-hydroxylation sites is 2. The zero-order chi connectivity index (χ0) is 34.7. The standard InChI is InChI=1S/2C17H19NO5.Pd/c2*1-9(2)17(4,16(21)22)18-10(3)13-14(19)11-7-5-6-8-12(11)23-15(13)20;/h2*5-9,19H,1-4H3,(H,21,22);. The van der Waals surface area contributed by atoms with Crippen molar-refractivity contribution < 1.29 is 59.3 Å². The Hall–Kier alpha value is -4.60. The summed E-state index contributed by atoms with van der Waals surface area (Å²) in [7, 11) is 0. The SMILES string of the molecule is CC(=NC(C)(C(=O)O)C(C)C)c1c(O)c2ccccc2oc1=O.CC(=NC(C)(C(=O)O)C(C)C)c1c(O)c2ccccc2oc1=O.[Pd]. The summed E-state index contributed by atoms with van der Waals surface area (Å²) in [6.45, 7) is 12.9. The van der Waals surface area contributed by atoms with Crippen molar-refractivity contribution in [3.8, 4) is 11.5 Å². The molecular weight excluding hydrogens is 703 g/mol. The minimum absolute atomic E-state index is 0. The van der Waals surface area contributed by atoms with Gasteiger partial charge in [-0.3, -0.25) is 9.98 Å². The van der Waals surface area contributed by atoms with Crippen LogP contribution in [0.4, 0.5) is 0 Å². The van der Waals surface area contributed by atoms with Gasteiger partial charge in [0.2, 0.25) is 0 Å². The summed E-state index contributed by atoms with van der Waals surface area (Å²) in [5.41, 5.74) is -3.77. The zero-order valence-corrected chi connectivity index (χ0v) is 28.8. The van der Waals surface area contributed by atoms with Crippen LogP contribution in [0.1, 0.15) is 66.5 Å². The molecule has 4 aromatic rings. The number of hydrogen-bond donors (Lipinski definition) is 4. The van der Waals surface area contributed by atoms with Gasteiger partial charge >= 0.3 is 23.2 Å². The first-order valence-electron chi connectivity index (χ1n) is 14.5. The fourth-order valence-corrected chi connectivity index (χ4v) is 4.56. The van der Waals surface area contributed by atoms with Crippen LogP contribution in [0.15, 0.2) is 76.9 Å². The molecule has 2 aromatic heterocycles. The van der Waals surface area contributed by atoms with Crippen LogP contribution in [0.25, 0.3) is 21.9 Å². The summed E-state index contributed by atoms with van der Waals surface area (Å²) in [5, 5.41) is 40.4. The molecule has 2 heterocycles. The van der Waals surface area contributed by atoms with Crippen molar-refractivity contribution in [1.82, 2.24) is 0 Å². The van der Waals surface area contributed by atoms with Crippen LogP contribution in [0.2, 0.25) is 0 Å². The van der Waals surface area contributed by atoms with Crippen molar-refractivity contribution in [2.75, 3.05) is 0 Å². The van der Waals surface area contributed by atoms with Crippen molar-refractivity contribution >= 4 is 45.3 Å². The van der Waals surface area contributed by atoms with Crippen molar-refractivity contribution in [3.63, 3.8) is 0 Å². The van der Waals surface area contributed by atoms with E-state index in [1.54, 1.807) is 76.2 Å². The molecule has 0 radical (unpaired) electrons. The van der Waals surface area contributed by atoms with E-state index in [9.17, 15) is 39.6 Å². The second-order valence-corrected chi connectivity index (χ2v) is 11.8. The van der Waals surface area contributed by atoms with Crippen molar-refractivity contribution in [3.05, 3.63) is 80.5 Å². The van der Waals surface area contributed by atoms with Crippen LogP contribution < -0.4 is 11.3 Å². The Balaban J connectivity index is 0.000000320. The van der Waals surface area contributed by atoms with Crippen molar-refractivity contribution in [1.29, 1.82) is 0 Å². The molecule has 0 aliphatic rings. The number of hydrogen-bond acceptors (Lipinski definition) is 10. The maximum Gasteiger partial charge on any atom is 0.349 e. The second kappa shape index (κ2) is 14.9. The van der Waals surface area contributed by atoms with Crippen LogP contribution in [0, 0.1) is 11.8 Å². The van der Waals surface area contributed by atoms with Gasteiger partial charge in [-0.25, -0.2) is 19.2 Å². The first-order valence-corrected chi connectivity index (χ1v) is 14.5. The Morgan fingerprint density at radius 2 is 0.957 bits per heavy atom. The van der Waals surface area contributed by atoms with Gasteiger partial charge in [0.25, 0.3) is 0 Å². The first-order chi connectivity index (χ1) is 21.4. The molecule has 13 heteroatoms. The topological polar surface area (TPSA) is 200 Å². The Kier molecular flexibility index (Phi) is 12.2. The van der Waals surface area contributed by atoms with Crippen LogP contribution in [-0.4, -0.2) is 54.9 Å². The number of aliphatic carboxylic acids is 2. The molecule has 2 unspecified atom stereocenters. The predicted molar refractivity (Wildman–Crippen MR) is 174 cm³/mol. The minimum atomic E-state index is -1.41. The van der Waals surface area contributed by atoms with Gasteiger partial charge in [-0.1, -0.05) is 52.0 Å². The zero-order valence-electron chi connectivity index (χ0n) is 27.2. The number of nitrogens with zero attached hydrogens (tertiary/aromatic N) is 2. The molecule has 0 aliphatic carbocycles. The third-order valence-corrected chi connectivity index (χ3v) is 8.21. The number of rotatable bonds is 8. The van der Waals surface area contributed by atoms with Gasteiger partial charge in [-0.15, -0.1) is 0 Å². The van der Waals surface area contributed by atoms with Crippen LogP contribution in [-0.2, 0) is 30.0 Å². The molecule has 0 saturated heterocycles. The molecule has 0 saturated carbocycles. The van der Waals surface area contributed by atoms with E-state index >= 15 is 0 Å². The van der Waals surface area contributed by atoms with Crippen LogP contribution in [0.3, 0.4) is 0 Å². The molecule has 0 amide bonds. The average Bonchev–Trinajstić information content (AvgIpc) is 2.97. The van der Waals surface area contributed by atoms with Crippen molar-refractivity contribution in [2.45, 2.75) is 66.5 Å². The summed E-state index contributed by atoms with van der Waals surface area (Å²) >= 11 is 0. The fraction of sp³-hybridized carbons (Fsp3) is 0.353. The smallest absolute Gasteiger partial charge is 0.349 e. The van der Waals surface area contributed by atoms with E-state index in [2.05, 4.69) is 9.98 Å². The molecule has 254 valence electrons. The Labute approximate surface area is 284 Å². The normalized spacial score (nSPS) is 14.6. The fourth-order valence-electron chi connectivity index (χ4n) is 4.56. The molecule has 0 bridgehead atoms. The molecule has 12 nitrogen and oxygen atoms in total. The van der Waals surface area contributed by atoms with Gasteiger partial charge in [0, 0.05) is 20.4 Å². The first kappa shape index (κ1) is 38.6. The minimum Gasteiger partial charge on any atom is -0.506 e. The van der Waals surface area contributed by atoms with Gasteiger partial charge in [-0.05, 0) is 63.8 Å². The van der Waals surface area contributed by atoms with E-state index in [1.165, 1.54) is 27.7 Å². The third-order valence-electron chi connectivity index (χ3n) is 8.21. The quantitative estimate of drug-likeness (QED) is 0.1000. The maximum atomic E-state index is 12.2. The number of carboxylic acids is 2. The number of carboxylic acid groups (broad SMARTS) is 2. The monoisotopic (exact) mass is 740 g/mol. The number of benzene rings is 2. The summed E-state index contributed by atoms with van der Waals surface area (Å²) in [6, 6.07) is 13.1. The summed E-state index contributed by atoms with van der Waals surface area (Å²) < 4.78 is 10.4. The van der Waals surface area contributed by atoms with Crippen molar-refractivity contribution in [2.24, 2.45) is 21.8 Å². The average molecular weight is 741 g/mol. The van der Waals surface area contributed by atoms with E-state index in [0.29, 0.717) is 10.8 Å². The number of aromatic hydroxyl groups is 2. The van der Waals surface area contributed by atoms with Gasteiger partial charge in [-0.2, -0.15) is 0 Å². The molecule has 47 heavy (non-hydrogen) atoms. The molecule has 4 rings (SSSR count). The largest absolute Gasteiger partial charge is 0.506 e. The van der Waals surface area contributed by atoms with E-state index in [4.69, 9.17) is 8.83 Å². The summed E-state index contributed by atoms with van der Waals surface area (Å²) in [5.74, 6) is -3.31. The Morgan fingerprint density at radius 3 is 1.23 bits per heavy atom. The molecule has 4 N–H and O–H groups in total. The molecular formula is C34H38N2O10Pd. The molecule has 0 aliphatic heterocycles. The number of fused-ring (bicyclic) bond motifs is 2. The van der Waals surface area contributed by atoms with Gasteiger partial charge in [0.05, 0.1) is 22.2 Å². The summed E-state index contributed by atoms with van der Waals surface area (Å²) in [6.07, 6.45) is 0. The molecule has 2 atom stereocenters. The van der Waals surface area contributed by atoms with Crippen LogP contribution >= 0.6 is 0 Å². The number of aliphatic imine (C=N–C) groups is 2. The maximum absolute atomic E-state index is 12.2. The predicted octanol–water partition coefficient (Wildman–Crippen LogP) is 5.61. The van der Waals surface area contributed by atoms with E-state index < -0.39 is 34.3 Å². The Bertz CT molecular complexity index is 1850. The van der Waals surface area contributed by atoms with E-state index in [-0.39, 0.29) is 77.5 Å². The molecule has 2 aromatic carbocycles. The number of carbonyl (C=O) groups is 2. The van der Waals surface area contributed by atoms with Crippen LogP contribution in [0.5, 0.6) is 11.5 Å². The van der Waals surface area contributed by atoms with Gasteiger partial charge < -0.3 is 29.3 Å². The van der Waals surface area contributed by atoms with E-state index in [0.717, 1.165) is 0 Å². The molecule has 0 spiro atoms. The third kappa shape index (κ3) is 7.69. The van der Waals surface area contributed by atoms with Gasteiger partial charge in [0.15, 0.2) is 11.1 Å². The Morgan fingerprint density at radius 1 is 0.660 bits per heavy atom. The second-order valence-electron chi connectivity index (χ2n) is 11.8. The molecule has 0 fully saturated rings. The summed E-state index contributed by atoms with van der Waals surface area (Å²) in [4.78, 5) is 55.8. The van der Waals surface area contributed by atoms with E-state index in [1.807, 2.05) is 0 Å². The van der Waals surface area contributed by atoms with Gasteiger partial charge in [0.1, 0.15) is 33.8 Å².